The van der Waals surface area contributed by atoms with Crippen LogP contribution in [0.3, 0.4) is 0 Å². The Kier molecular flexibility index (Phi) is 4.33. The lowest BCUT2D eigenvalue weighted by Gasteiger charge is -2.41. The molecule has 0 radical (unpaired) electrons. The van der Waals surface area contributed by atoms with Crippen LogP contribution in [0.25, 0.3) is 0 Å². The summed E-state index contributed by atoms with van der Waals surface area (Å²) in [7, 11) is 0. The summed E-state index contributed by atoms with van der Waals surface area (Å²) in [6, 6.07) is 8.87. The van der Waals surface area contributed by atoms with Crippen LogP contribution in [0.15, 0.2) is 30.3 Å². The highest BCUT2D eigenvalue weighted by Gasteiger charge is 2.38. The number of hydrogen-bond donors (Lipinski definition) is 1. The first-order chi connectivity index (χ1) is 10.0. The van der Waals surface area contributed by atoms with Gasteiger partial charge in [0.05, 0.1) is 11.7 Å². The van der Waals surface area contributed by atoms with Crippen LogP contribution in [-0.4, -0.2) is 31.5 Å². The molecule has 1 N–H and O–H groups in total. The average Bonchev–Trinajstić information content (AvgIpc) is 2.52. The number of ether oxygens (including phenoxy) is 2. The van der Waals surface area contributed by atoms with Gasteiger partial charge in [-0.2, -0.15) is 0 Å². The van der Waals surface area contributed by atoms with E-state index in [-0.39, 0.29) is 30.5 Å². The Bertz CT molecular complexity index is 463. The van der Waals surface area contributed by atoms with Crippen LogP contribution < -0.4 is 0 Å². The van der Waals surface area contributed by atoms with E-state index in [1.165, 1.54) is 0 Å². The van der Waals surface area contributed by atoms with Crippen LogP contribution in [0.1, 0.15) is 31.1 Å². The number of carbonyl (C=O) groups is 1. The standard InChI is InChI=1S/C16H22O4/c1-10-11(2)14(20-15(17)12(10)3)9-19-16(18)13-7-5-4-6-8-13/h4-8,10-12,14-15,17H,9H2,1-3H3/t10-,11-,12?,14?,15+/m0/s1/i17T. The first-order valence-electron chi connectivity index (χ1n) is 7.45. The predicted octanol–water partition coefficient (Wildman–Crippen LogP) is 2.47. The van der Waals surface area contributed by atoms with Gasteiger partial charge in [0.25, 0.3) is 0 Å². The molecule has 1 aliphatic rings. The maximum atomic E-state index is 11.9. The molecule has 1 fully saturated rings. The van der Waals surface area contributed by atoms with Crippen molar-refractivity contribution in [3.05, 3.63) is 35.9 Å². The van der Waals surface area contributed by atoms with Crippen molar-refractivity contribution in [2.75, 3.05) is 6.61 Å². The van der Waals surface area contributed by atoms with Crippen molar-refractivity contribution in [3.8, 4) is 0 Å². The number of rotatable bonds is 4. The topological polar surface area (TPSA) is 55.8 Å². The third-order valence-corrected chi connectivity index (χ3v) is 4.37. The van der Waals surface area contributed by atoms with Gasteiger partial charge in [-0.1, -0.05) is 39.0 Å². The minimum atomic E-state index is -0.573. The molecule has 110 valence electrons. The van der Waals surface area contributed by atoms with Crippen molar-refractivity contribution in [1.29, 1.82) is 1.43 Å². The molecule has 0 spiro atoms. The molecule has 1 aromatic rings. The molecule has 2 unspecified atom stereocenters. The van der Waals surface area contributed by atoms with Gasteiger partial charge in [-0.05, 0) is 24.0 Å². The van der Waals surface area contributed by atoms with Crippen molar-refractivity contribution >= 4 is 5.97 Å². The zero-order valence-corrected chi connectivity index (χ0v) is 12.1. The lowest BCUT2D eigenvalue weighted by atomic mass is 9.79. The summed E-state index contributed by atoms with van der Waals surface area (Å²) in [5.41, 5.74) is 0.524. The Morgan fingerprint density at radius 1 is 1.25 bits per heavy atom. The van der Waals surface area contributed by atoms with Crippen LogP contribution in [0.5, 0.6) is 0 Å². The number of hydrogen-bond acceptors (Lipinski definition) is 4. The Balaban J connectivity index is 1.94. The number of carbonyl (C=O) groups excluding carboxylic acids is 1. The van der Waals surface area contributed by atoms with E-state index in [9.17, 15) is 4.79 Å². The van der Waals surface area contributed by atoms with E-state index in [4.69, 9.17) is 10.9 Å². The Morgan fingerprint density at radius 2 is 1.95 bits per heavy atom. The molecule has 0 bridgehead atoms. The molecule has 4 heteroatoms. The summed E-state index contributed by atoms with van der Waals surface area (Å²) in [5.74, 6) is 0.337. The average molecular weight is 280 g/mol. The fourth-order valence-corrected chi connectivity index (χ4v) is 2.49. The zero-order chi connectivity index (χ0) is 15.4. The van der Waals surface area contributed by atoms with Crippen LogP contribution in [-0.2, 0) is 9.47 Å². The first-order valence-corrected chi connectivity index (χ1v) is 7.04. The van der Waals surface area contributed by atoms with Gasteiger partial charge < -0.3 is 14.6 Å². The van der Waals surface area contributed by atoms with Crippen LogP contribution in [0, 0.1) is 17.8 Å². The van der Waals surface area contributed by atoms with E-state index in [1.807, 2.05) is 13.0 Å². The van der Waals surface area contributed by atoms with E-state index >= 15 is 0 Å². The summed E-state index contributed by atoms with van der Waals surface area (Å²) in [5, 5.41) is 4.63. The SMILES string of the molecule is [3H]O[C@@H]1OC(COC(=O)c2ccccc2)[C@@H](C)[C@H](C)C1C. The molecule has 1 saturated heterocycles. The van der Waals surface area contributed by atoms with Crippen LogP contribution >= 0.6 is 0 Å². The molecule has 0 aliphatic carbocycles. The van der Waals surface area contributed by atoms with Gasteiger partial charge in [0.15, 0.2) is 6.29 Å². The molecule has 20 heavy (non-hydrogen) atoms. The van der Waals surface area contributed by atoms with Crippen molar-refractivity contribution in [3.63, 3.8) is 0 Å². The number of benzene rings is 1. The van der Waals surface area contributed by atoms with E-state index in [0.29, 0.717) is 11.5 Å². The monoisotopic (exact) mass is 280 g/mol. The maximum Gasteiger partial charge on any atom is 0.338 e. The molecule has 0 saturated carbocycles. The highest BCUT2D eigenvalue weighted by molar-refractivity contribution is 5.89. The minimum Gasteiger partial charge on any atom is -0.459 e. The largest absolute Gasteiger partial charge is 0.459 e. The summed E-state index contributed by atoms with van der Waals surface area (Å²) < 4.78 is 18.2. The van der Waals surface area contributed by atoms with Gasteiger partial charge in [-0.15, -0.1) is 0 Å². The normalized spacial score (nSPS) is 34.4. The second-order valence-corrected chi connectivity index (χ2v) is 5.58. The molecule has 0 aromatic heterocycles. The number of esters is 1. The molecule has 1 aromatic carbocycles. The Labute approximate surface area is 121 Å². The molecular formula is C16H22O4. The quantitative estimate of drug-likeness (QED) is 0.861. The van der Waals surface area contributed by atoms with Crippen LogP contribution in [0.4, 0.5) is 0 Å². The third-order valence-electron chi connectivity index (χ3n) is 4.37. The van der Waals surface area contributed by atoms with E-state index in [2.05, 4.69) is 19.0 Å². The van der Waals surface area contributed by atoms with Crippen molar-refractivity contribution in [1.82, 2.24) is 0 Å². The third kappa shape index (κ3) is 3.19. The number of aliphatic hydroxyl groups excluding tert-OH is 1. The Hall–Kier alpha value is -1.39. The van der Waals surface area contributed by atoms with Gasteiger partial charge >= 0.3 is 5.97 Å². The highest BCUT2D eigenvalue weighted by Crippen LogP contribution is 2.34. The van der Waals surface area contributed by atoms with E-state index in [0.717, 1.165) is 0 Å². The predicted molar refractivity (Wildman–Crippen MR) is 75.1 cm³/mol. The van der Waals surface area contributed by atoms with Crippen molar-refractivity contribution in [2.45, 2.75) is 33.2 Å². The van der Waals surface area contributed by atoms with Crippen molar-refractivity contribution in [2.24, 2.45) is 17.8 Å². The minimum absolute atomic E-state index is 0.138. The van der Waals surface area contributed by atoms with E-state index in [1.54, 1.807) is 24.3 Å². The maximum absolute atomic E-state index is 11.9. The smallest absolute Gasteiger partial charge is 0.338 e. The molecule has 5 atom stereocenters. The molecule has 1 aliphatic heterocycles. The van der Waals surface area contributed by atoms with Gasteiger partial charge in [0.1, 0.15) is 6.61 Å². The molecule has 4 nitrogen and oxygen atoms in total. The van der Waals surface area contributed by atoms with Crippen molar-refractivity contribution < 1.29 is 19.4 Å². The summed E-state index contributed by atoms with van der Waals surface area (Å²) in [4.78, 5) is 11.9. The zero-order valence-electron chi connectivity index (χ0n) is 13.1. The van der Waals surface area contributed by atoms with Gasteiger partial charge in [-0.3, -0.25) is 0 Å². The molecule has 2 rings (SSSR count). The molecular weight excluding hydrogens is 256 g/mol. The Morgan fingerprint density at radius 3 is 2.60 bits per heavy atom. The fourth-order valence-electron chi connectivity index (χ4n) is 2.49. The first kappa shape index (κ1) is 13.6. The van der Waals surface area contributed by atoms with Gasteiger partial charge in [0.2, 0.25) is 1.43 Å². The summed E-state index contributed by atoms with van der Waals surface area (Å²) in [6.07, 6.45) is -0.823. The van der Waals surface area contributed by atoms with Gasteiger partial charge in [0, 0.05) is 5.92 Å². The fraction of sp³-hybridized carbons (Fsp3) is 0.562. The summed E-state index contributed by atoms with van der Waals surface area (Å²) in [6.45, 7) is 6.36. The second-order valence-electron chi connectivity index (χ2n) is 5.58. The summed E-state index contributed by atoms with van der Waals surface area (Å²) >= 11 is 0. The number of aliphatic hydroxyl groups is 1. The molecule has 1 heterocycles. The lowest BCUT2D eigenvalue weighted by Crippen LogP contribution is -2.46. The highest BCUT2D eigenvalue weighted by atomic mass is 16.6. The van der Waals surface area contributed by atoms with E-state index < -0.39 is 6.29 Å². The molecule has 0 amide bonds. The second kappa shape index (κ2) is 6.37. The lowest BCUT2D eigenvalue weighted by molar-refractivity contribution is -0.232. The van der Waals surface area contributed by atoms with Crippen LogP contribution in [0.2, 0.25) is 0 Å². The van der Waals surface area contributed by atoms with Gasteiger partial charge in [-0.25, -0.2) is 4.79 Å².